The number of sulfonamides is 1. The Morgan fingerprint density at radius 1 is 1.07 bits per heavy atom. The fourth-order valence-electron chi connectivity index (χ4n) is 2.64. The van der Waals surface area contributed by atoms with Gasteiger partial charge in [0, 0.05) is 31.1 Å². The number of carbonyl (C=O) groups is 1. The molecule has 0 unspecified atom stereocenters. The highest BCUT2D eigenvalue weighted by Crippen LogP contribution is 2.34. The van der Waals surface area contributed by atoms with E-state index in [-0.39, 0.29) is 29.5 Å². The third-order valence-electron chi connectivity index (χ3n) is 4.20. The topological polar surface area (TPSA) is 107 Å². The van der Waals surface area contributed by atoms with E-state index in [0.717, 1.165) is 6.07 Å². The van der Waals surface area contributed by atoms with Crippen LogP contribution in [-0.4, -0.2) is 36.5 Å². The van der Waals surface area contributed by atoms with Crippen LogP contribution in [0.1, 0.15) is 37.6 Å². The third kappa shape index (κ3) is 4.55. The number of nitro groups is 1. The van der Waals surface area contributed by atoms with Gasteiger partial charge in [-0.05, 0) is 36.4 Å². The van der Waals surface area contributed by atoms with Gasteiger partial charge in [0.15, 0.2) is 5.78 Å². The Kier molecular flexibility index (Phi) is 6.87. The number of hydrogen-bond donors (Lipinski definition) is 0. The fraction of sp³-hybridized carbons (Fsp3) is 0.316. The minimum absolute atomic E-state index is 0.0245. The van der Waals surface area contributed by atoms with Crippen LogP contribution in [0.4, 0.5) is 5.69 Å². The minimum Gasteiger partial charge on any atom is -0.450 e. The van der Waals surface area contributed by atoms with Crippen LogP contribution in [0.3, 0.4) is 0 Å². The minimum atomic E-state index is -3.83. The number of benzene rings is 2. The monoisotopic (exact) mass is 406 g/mol. The van der Waals surface area contributed by atoms with Crippen molar-refractivity contribution in [2.45, 2.75) is 32.1 Å². The molecule has 2 rings (SSSR count). The number of carbonyl (C=O) groups excluding carboxylic acids is 1. The largest absolute Gasteiger partial charge is 0.450 e. The smallest absolute Gasteiger partial charge is 0.312 e. The van der Waals surface area contributed by atoms with Gasteiger partial charge >= 0.3 is 5.69 Å². The number of hydrogen-bond acceptors (Lipinski definition) is 6. The molecule has 0 aliphatic heterocycles. The molecular formula is C19H22N2O6S. The van der Waals surface area contributed by atoms with Gasteiger partial charge in [-0.3, -0.25) is 14.9 Å². The summed E-state index contributed by atoms with van der Waals surface area (Å²) in [5, 5.41) is 11.5. The normalized spacial score (nSPS) is 11.4. The lowest BCUT2D eigenvalue weighted by atomic mass is 10.1. The molecule has 2 aromatic rings. The van der Waals surface area contributed by atoms with Gasteiger partial charge < -0.3 is 4.74 Å². The molecule has 0 heterocycles. The quantitative estimate of drug-likeness (QED) is 0.354. The molecule has 0 fully saturated rings. The van der Waals surface area contributed by atoms with Crippen molar-refractivity contribution in [3.63, 3.8) is 0 Å². The number of ether oxygens (including phenoxy) is 1. The van der Waals surface area contributed by atoms with E-state index in [2.05, 4.69) is 0 Å². The molecule has 0 bridgehead atoms. The number of rotatable bonds is 9. The van der Waals surface area contributed by atoms with E-state index in [1.165, 1.54) is 28.6 Å². The lowest BCUT2D eigenvalue weighted by Gasteiger charge is -2.18. The van der Waals surface area contributed by atoms with Crippen molar-refractivity contribution in [2.75, 3.05) is 13.1 Å². The molecule has 0 radical (unpaired) electrons. The number of ketones is 1. The number of nitrogens with zero attached hydrogens (tertiary/aromatic N) is 2. The van der Waals surface area contributed by atoms with Gasteiger partial charge in [0.25, 0.3) is 0 Å². The molecule has 0 saturated heterocycles. The molecule has 2 aromatic carbocycles. The van der Waals surface area contributed by atoms with Crippen LogP contribution in [0.15, 0.2) is 47.4 Å². The van der Waals surface area contributed by atoms with Crippen LogP contribution in [0.5, 0.6) is 11.5 Å². The first kappa shape index (κ1) is 21.5. The highest BCUT2D eigenvalue weighted by molar-refractivity contribution is 7.89. The second-order valence-corrected chi connectivity index (χ2v) is 7.82. The highest BCUT2D eigenvalue weighted by atomic mass is 32.2. The second-order valence-electron chi connectivity index (χ2n) is 5.88. The Balaban J connectivity index is 2.38. The highest BCUT2D eigenvalue weighted by Gasteiger charge is 2.26. The first-order valence-corrected chi connectivity index (χ1v) is 10.3. The van der Waals surface area contributed by atoms with E-state index in [1.54, 1.807) is 32.9 Å². The molecule has 0 aliphatic carbocycles. The van der Waals surface area contributed by atoms with Gasteiger partial charge in [-0.1, -0.05) is 20.8 Å². The zero-order valence-corrected chi connectivity index (χ0v) is 16.7. The standard InChI is InChI=1S/C19H22N2O6S/c1-4-18(22)14-7-9-15(10-8-14)27-19-12-11-16(13-17(19)21(23)24)28(25,26)20(5-2)6-3/h7-13H,4-6H2,1-3H3. The Labute approximate surface area is 163 Å². The van der Waals surface area contributed by atoms with E-state index in [0.29, 0.717) is 17.7 Å². The van der Waals surface area contributed by atoms with E-state index < -0.39 is 20.6 Å². The van der Waals surface area contributed by atoms with Crippen LogP contribution >= 0.6 is 0 Å². The summed E-state index contributed by atoms with van der Waals surface area (Å²) >= 11 is 0. The fourth-order valence-corrected chi connectivity index (χ4v) is 4.12. The lowest BCUT2D eigenvalue weighted by Crippen LogP contribution is -2.30. The summed E-state index contributed by atoms with van der Waals surface area (Å²) < 4.78 is 32.0. The molecule has 0 N–H and O–H groups in total. The summed E-state index contributed by atoms with van der Waals surface area (Å²) in [5.41, 5.74) is 0.0620. The summed E-state index contributed by atoms with van der Waals surface area (Å²) in [6, 6.07) is 9.77. The summed E-state index contributed by atoms with van der Waals surface area (Å²) in [4.78, 5) is 22.3. The van der Waals surface area contributed by atoms with Crippen molar-refractivity contribution in [3.8, 4) is 11.5 Å². The summed E-state index contributed by atoms with van der Waals surface area (Å²) in [7, 11) is -3.83. The van der Waals surface area contributed by atoms with Gasteiger partial charge in [0.2, 0.25) is 15.8 Å². The van der Waals surface area contributed by atoms with Crippen LogP contribution in [0.2, 0.25) is 0 Å². The Hall–Kier alpha value is -2.78. The maximum atomic E-state index is 12.6. The maximum Gasteiger partial charge on any atom is 0.312 e. The van der Waals surface area contributed by atoms with Crippen LogP contribution in [0, 0.1) is 10.1 Å². The SMILES string of the molecule is CCC(=O)c1ccc(Oc2ccc(S(=O)(=O)N(CC)CC)cc2[N+](=O)[O-])cc1. The Bertz CT molecular complexity index is 966. The lowest BCUT2D eigenvalue weighted by molar-refractivity contribution is -0.385. The van der Waals surface area contributed by atoms with Crippen molar-refractivity contribution >= 4 is 21.5 Å². The summed E-state index contributed by atoms with van der Waals surface area (Å²) in [6.07, 6.45) is 0.369. The predicted molar refractivity (Wildman–Crippen MR) is 104 cm³/mol. The van der Waals surface area contributed by atoms with Crippen molar-refractivity contribution < 1.29 is 22.9 Å². The zero-order chi connectivity index (χ0) is 20.9. The van der Waals surface area contributed by atoms with Crippen LogP contribution in [0.25, 0.3) is 0 Å². The number of nitro benzene ring substituents is 1. The average Bonchev–Trinajstić information content (AvgIpc) is 2.68. The van der Waals surface area contributed by atoms with Crippen molar-refractivity contribution in [1.29, 1.82) is 0 Å². The maximum absolute atomic E-state index is 12.6. The zero-order valence-electron chi connectivity index (χ0n) is 15.9. The first-order chi connectivity index (χ1) is 13.2. The van der Waals surface area contributed by atoms with Crippen molar-refractivity contribution in [1.82, 2.24) is 4.31 Å². The van der Waals surface area contributed by atoms with E-state index in [9.17, 15) is 23.3 Å². The second kappa shape index (κ2) is 8.94. The predicted octanol–water partition coefficient (Wildman–Crippen LogP) is 4.01. The van der Waals surface area contributed by atoms with Crippen LogP contribution in [-0.2, 0) is 10.0 Å². The molecule has 28 heavy (non-hydrogen) atoms. The molecular weight excluding hydrogens is 384 g/mol. The molecule has 0 saturated carbocycles. The molecule has 0 amide bonds. The molecule has 8 nitrogen and oxygen atoms in total. The molecule has 0 spiro atoms. The molecule has 0 aliphatic rings. The Morgan fingerprint density at radius 3 is 2.18 bits per heavy atom. The summed E-state index contributed by atoms with van der Waals surface area (Å²) in [6.45, 7) is 5.66. The first-order valence-electron chi connectivity index (χ1n) is 8.84. The molecule has 0 atom stereocenters. The van der Waals surface area contributed by atoms with Crippen LogP contribution < -0.4 is 4.74 Å². The molecule has 150 valence electrons. The molecule has 9 heteroatoms. The number of Topliss-reactive ketones (excluding diaryl/α,β-unsaturated/α-hetero) is 1. The van der Waals surface area contributed by atoms with E-state index >= 15 is 0 Å². The van der Waals surface area contributed by atoms with Crippen molar-refractivity contribution in [3.05, 3.63) is 58.1 Å². The van der Waals surface area contributed by atoms with Gasteiger partial charge in [-0.15, -0.1) is 0 Å². The average molecular weight is 406 g/mol. The van der Waals surface area contributed by atoms with Crippen molar-refractivity contribution in [2.24, 2.45) is 0 Å². The van der Waals surface area contributed by atoms with E-state index in [1.807, 2.05) is 0 Å². The molecule has 0 aromatic heterocycles. The van der Waals surface area contributed by atoms with E-state index in [4.69, 9.17) is 4.74 Å². The summed E-state index contributed by atoms with van der Waals surface area (Å²) in [5.74, 6) is 0.191. The van der Waals surface area contributed by atoms with Gasteiger partial charge in [-0.2, -0.15) is 4.31 Å². The van der Waals surface area contributed by atoms with Gasteiger partial charge in [-0.25, -0.2) is 8.42 Å². The Morgan fingerprint density at radius 2 is 1.68 bits per heavy atom. The third-order valence-corrected chi connectivity index (χ3v) is 6.24. The van der Waals surface area contributed by atoms with Gasteiger partial charge in [0.1, 0.15) is 5.75 Å². The van der Waals surface area contributed by atoms with Gasteiger partial charge in [0.05, 0.1) is 9.82 Å².